The minimum Gasteiger partial charge on any atom is -0.349 e. The molecule has 1 amide bonds. The lowest BCUT2D eigenvalue weighted by Gasteiger charge is -2.12. The van der Waals surface area contributed by atoms with E-state index in [2.05, 4.69) is 12.2 Å². The van der Waals surface area contributed by atoms with Crippen molar-refractivity contribution in [2.45, 2.75) is 43.4 Å². The highest BCUT2D eigenvalue weighted by molar-refractivity contribution is 7.91. The Bertz CT molecular complexity index is 592. The third kappa shape index (κ3) is 3.16. The van der Waals surface area contributed by atoms with Gasteiger partial charge in [-0.25, -0.2) is 13.6 Å². The summed E-state index contributed by atoms with van der Waals surface area (Å²) in [4.78, 5) is 12.1. The van der Waals surface area contributed by atoms with E-state index >= 15 is 0 Å². The van der Waals surface area contributed by atoms with Crippen molar-refractivity contribution in [1.82, 2.24) is 5.32 Å². The third-order valence-corrected chi connectivity index (χ3v) is 6.21. The van der Waals surface area contributed by atoms with Gasteiger partial charge in [0, 0.05) is 11.4 Å². The van der Waals surface area contributed by atoms with Crippen LogP contribution >= 0.6 is 11.3 Å². The summed E-state index contributed by atoms with van der Waals surface area (Å²) >= 11 is 0.996. The topological polar surface area (TPSA) is 89.3 Å². The van der Waals surface area contributed by atoms with Gasteiger partial charge in [-0.1, -0.05) is 6.92 Å². The zero-order chi connectivity index (χ0) is 14.2. The highest BCUT2D eigenvalue weighted by atomic mass is 32.2. The molecule has 1 heterocycles. The minimum absolute atomic E-state index is 0.0671. The van der Waals surface area contributed by atoms with E-state index in [4.69, 9.17) is 5.14 Å². The Hall–Kier alpha value is -0.920. The maximum Gasteiger partial charge on any atom is 0.252 e. The molecule has 1 saturated carbocycles. The number of amides is 1. The molecule has 19 heavy (non-hydrogen) atoms. The molecular weight excluding hydrogens is 284 g/mol. The van der Waals surface area contributed by atoms with Gasteiger partial charge in [0.2, 0.25) is 10.0 Å². The first kappa shape index (κ1) is 14.5. The van der Waals surface area contributed by atoms with Crippen LogP contribution < -0.4 is 10.5 Å². The van der Waals surface area contributed by atoms with Gasteiger partial charge in [-0.3, -0.25) is 4.79 Å². The van der Waals surface area contributed by atoms with E-state index in [9.17, 15) is 13.2 Å². The molecule has 0 aliphatic heterocycles. The lowest BCUT2D eigenvalue weighted by Crippen LogP contribution is -2.33. The molecule has 3 N–H and O–H groups in total. The summed E-state index contributed by atoms with van der Waals surface area (Å²) in [6.45, 7) is 3.78. The van der Waals surface area contributed by atoms with Crippen molar-refractivity contribution in [1.29, 1.82) is 0 Å². The van der Waals surface area contributed by atoms with Crippen molar-refractivity contribution in [2.75, 3.05) is 0 Å². The Morgan fingerprint density at radius 1 is 1.47 bits per heavy atom. The number of rotatable bonds is 3. The van der Waals surface area contributed by atoms with Crippen LogP contribution in [-0.2, 0) is 10.0 Å². The Balaban J connectivity index is 2.14. The number of primary sulfonamides is 1. The summed E-state index contributed by atoms with van der Waals surface area (Å²) in [5.74, 6) is 0.427. The van der Waals surface area contributed by atoms with E-state index in [1.54, 1.807) is 12.3 Å². The molecule has 1 aromatic heterocycles. The average Bonchev–Trinajstić information content (AvgIpc) is 2.84. The van der Waals surface area contributed by atoms with Gasteiger partial charge in [0.05, 0.1) is 5.56 Å². The Morgan fingerprint density at radius 3 is 2.63 bits per heavy atom. The van der Waals surface area contributed by atoms with Gasteiger partial charge in [-0.05, 0) is 37.7 Å². The Morgan fingerprint density at radius 2 is 2.16 bits per heavy atom. The van der Waals surface area contributed by atoms with E-state index in [-0.39, 0.29) is 16.2 Å². The molecule has 2 rings (SSSR count). The second-order valence-corrected chi connectivity index (χ2v) is 7.83. The molecule has 7 heteroatoms. The second kappa shape index (κ2) is 5.22. The van der Waals surface area contributed by atoms with Crippen LogP contribution in [0, 0.1) is 12.8 Å². The van der Waals surface area contributed by atoms with Crippen LogP contribution in [-0.4, -0.2) is 20.4 Å². The first-order chi connectivity index (χ1) is 8.79. The van der Waals surface area contributed by atoms with Crippen molar-refractivity contribution in [3.8, 4) is 0 Å². The lowest BCUT2D eigenvalue weighted by molar-refractivity contribution is 0.0937. The maximum absolute atomic E-state index is 12.1. The number of nitrogens with one attached hydrogen (secondary N) is 1. The summed E-state index contributed by atoms with van der Waals surface area (Å²) in [7, 11) is -3.74. The smallest absolute Gasteiger partial charge is 0.252 e. The number of thiophene rings is 1. The number of carbonyl (C=O) groups excluding carboxylic acids is 1. The molecule has 2 unspecified atom stereocenters. The predicted molar refractivity (Wildman–Crippen MR) is 74.7 cm³/mol. The lowest BCUT2D eigenvalue weighted by atomic mass is 10.1. The highest BCUT2D eigenvalue weighted by Crippen LogP contribution is 2.27. The summed E-state index contributed by atoms with van der Waals surface area (Å²) in [5.41, 5.74) is 0.852. The van der Waals surface area contributed by atoms with E-state index in [0.717, 1.165) is 30.6 Å². The van der Waals surface area contributed by atoms with Gasteiger partial charge in [-0.2, -0.15) is 0 Å². The van der Waals surface area contributed by atoms with Gasteiger partial charge in [-0.15, -0.1) is 11.3 Å². The number of hydrogen-bond acceptors (Lipinski definition) is 4. The van der Waals surface area contributed by atoms with Crippen LogP contribution in [0.4, 0.5) is 0 Å². The second-order valence-electron chi connectivity index (χ2n) is 5.20. The number of sulfonamides is 1. The zero-order valence-corrected chi connectivity index (χ0v) is 12.6. The quantitative estimate of drug-likeness (QED) is 0.889. The molecule has 1 aromatic rings. The van der Waals surface area contributed by atoms with Gasteiger partial charge < -0.3 is 5.32 Å². The fourth-order valence-electron chi connectivity index (χ4n) is 2.50. The molecule has 106 valence electrons. The largest absolute Gasteiger partial charge is 0.349 e. The first-order valence-electron chi connectivity index (χ1n) is 6.20. The fraction of sp³-hybridized carbons (Fsp3) is 0.583. The molecule has 5 nitrogen and oxygen atoms in total. The van der Waals surface area contributed by atoms with E-state index in [0.29, 0.717) is 17.0 Å². The van der Waals surface area contributed by atoms with Crippen molar-refractivity contribution in [3.05, 3.63) is 16.5 Å². The van der Waals surface area contributed by atoms with Gasteiger partial charge >= 0.3 is 0 Å². The summed E-state index contributed by atoms with van der Waals surface area (Å²) < 4.78 is 22.7. The normalized spacial score (nSPS) is 23.5. The molecule has 0 radical (unpaired) electrons. The minimum atomic E-state index is -3.74. The molecule has 1 fully saturated rings. The average molecular weight is 302 g/mol. The van der Waals surface area contributed by atoms with Crippen molar-refractivity contribution in [2.24, 2.45) is 11.1 Å². The standard InChI is InChI=1S/C12H18N2O3S2/c1-7-3-4-9(5-7)14-11(15)10-6-18-12(8(10)2)19(13,16)17/h6-7,9H,3-5H2,1-2H3,(H,14,15)(H2,13,16,17). The Labute approximate surface area is 117 Å². The molecule has 0 spiro atoms. The van der Waals surface area contributed by atoms with E-state index in [1.165, 1.54) is 0 Å². The predicted octanol–water partition coefficient (Wildman–Crippen LogP) is 1.62. The van der Waals surface area contributed by atoms with Crippen molar-refractivity contribution >= 4 is 27.3 Å². The van der Waals surface area contributed by atoms with Gasteiger partial charge in [0.15, 0.2) is 0 Å². The molecule has 0 saturated heterocycles. The molecule has 2 atom stereocenters. The van der Waals surface area contributed by atoms with Crippen molar-refractivity contribution < 1.29 is 13.2 Å². The van der Waals surface area contributed by atoms with E-state index in [1.807, 2.05) is 0 Å². The van der Waals surface area contributed by atoms with Crippen LogP contribution in [0.25, 0.3) is 0 Å². The number of nitrogens with two attached hydrogens (primary N) is 1. The van der Waals surface area contributed by atoms with Crippen LogP contribution in [0.5, 0.6) is 0 Å². The van der Waals surface area contributed by atoms with Crippen LogP contribution in [0.2, 0.25) is 0 Å². The van der Waals surface area contributed by atoms with Crippen LogP contribution in [0.15, 0.2) is 9.59 Å². The Kier molecular flexibility index (Phi) is 3.98. The molecule has 0 aromatic carbocycles. The fourth-order valence-corrected chi connectivity index (χ4v) is 4.52. The maximum atomic E-state index is 12.1. The molecule has 1 aliphatic rings. The monoisotopic (exact) mass is 302 g/mol. The van der Waals surface area contributed by atoms with Crippen molar-refractivity contribution in [3.63, 3.8) is 0 Å². The SMILES string of the molecule is Cc1c(C(=O)NC2CCC(C)C2)csc1S(N)(=O)=O. The summed E-state index contributed by atoms with van der Waals surface area (Å²) in [6.07, 6.45) is 3.09. The van der Waals surface area contributed by atoms with Crippen LogP contribution in [0.1, 0.15) is 42.1 Å². The van der Waals surface area contributed by atoms with E-state index < -0.39 is 10.0 Å². The summed E-state index contributed by atoms with van der Waals surface area (Å²) in [6, 6.07) is 0.194. The summed E-state index contributed by atoms with van der Waals surface area (Å²) in [5, 5.41) is 9.63. The number of hydrogen-bond donors (Lipinski definition) is 2. The molecule has 1 aliphatic carbocycles. The first-order valence-corrected chi connectivity index (χ1v) is 8.63. The number of carbonyl (C=O) groups is 1. The van der Waals surface area contributed by atoms with Crippen LogP contribution in [0.3, 0.4) is 0 Å². The highest BCUT2D eigenvalue weighted by Gasteiger charge is 2.26. The zero-order valence-electron chi connectivity index (χ0n) is 11.0. The molecule has 0 bridgehead atoms. The van der Waals surface area contributed by atoms with Gasteiger partial charge in [0.1, 0.15) is 4.21 Å². The molecular formula is C12H18N2O3S2. The van der Waals surface area contributed by atoms with Gasteiger partial charge in [0.25, 0.3) is 5.91 Å². The third-order valence-electron chi connectivity index (χ3n) is 3.53.